The van der Waals surface area contributed by atoms with Crippen LogP contribution in [0, 0.1) is 0 Å². The van der Waals surface area contributed by atoms with Gasteiger partial charge in [0.25, 0.3) is 0 Å². The van der Waals surface area contributed by atoms with Crippen molar-refractivity contribution in [2.45, 2.75) is 6.92 Å². The molecule has 1 rings (SSSR count). The Bertz CT molecular complexity index is 330. The molecular formula is C11H12O4. The Balaban J connectivity index is 0.000000288. The molecule has 80 valence electrons. The summed E-state index contributed by atoms with van der Waals surface area (Å²) in [5.74, 6) is -1.21. The van der Waals surface area contributed by atoms with Gasteiger partial charge in [-0.1, -0.05) is 24.8 Å². The molecule has 4 nitrogen and oxygen atoms in total. The van der Waals surface area contributed by atoms with E-state index in [2.05, 4.69) is 11.3 Å². The van der Waals surface area contributed by atoms with Gasteiger partial charge in [0.15, 0.2) is 0 Å². The number of rotatable bonds is 2. The molecule has 15 heavy (non-hydrogen) atoms. The maximum atomic E-state index is 10.2. The highest BCUT2D eigenvalue weighted by molar-refractivity contribution is 5.87. The van der Waals surface area contributed by atoms with Crippen LogP contribution in [0.15, 0.2) is 43.2 Å². The average Bonchev–Trinajstić information content (AvgIpc) is 2.20. The smallest absolute Gasteiger partial charge is 0.335 e. The summed E-state index contributed by atoms with van der Waals surface area (Å²) >= 11 is 0. The molecule has 0 aliphatic heterocycles. The minimum atomic E-state index is -0.879. The predicted octanol–water partition coefficient (Wildman–Crippen LogP) is 2.08. The summed E-state index contributed by atoms with van der Waals surface area (Å²) in [5.41, 5.74) is 0.331. The second-order valence-corrected chi connectivity index (χ2v) is 2.45. The minimum Gasteiger partial charge on any atom is -0.478 e. The highest BCUT2D eigenvalue weighted by Crippen LogP contribution is 1.96. The molecule has 0 saturated heterocycles. The standard InChI is InChI=1S/C7H6O2.C4H6O2/c8-7(9)6-4-2-1-3-5-6;1-3-6-4(2)5/h1-5H,(H,8,9);3H,1H2,2H3. The summed E-state index contributed by atoms with van der Waals surface area (Å²) in [7, 11) is 0. The van der Waals surface area contributed by atoms with Crippen molar-refractivity contribution in [2.24, 2.45) is 0 Å². The third-order valence-corrected chi connectivity index (χ3v) is 1.27. The first-order valence-electron chi connectivity index (χ1n) is 4.14. The maximum Gasteiger partial charge on any atom is 0.335 e. The summed E-state index contributed by atoms with van der Waals surface area (Å²) in [4.78, 5) is 20.0. The van der Waals surface area contributed by atoms with E-state index >= 15 is 0 Å². The van der Waals surface area contributed by atoms with Crippen molar-refractivity contribution >= 4 is 11.9 Å². The number of hydrogen-bond donors (Lipinski definition) is 1. The number of carboxylic acids is 1. The first-order valence-corrected chi connectivity index (χ1v) is 4.14. The molecule has 0 bridgehead atoms. The molecule has 0 atom stereocenters. The van der Waals surface area contributed by atoms with Gasteiger partial charge in [0.2, 0.25) is 0 Å². The van der Waals surface area contributed by atoms with Crippen LogP contribution in [0.25, 0.3) is 0 Å². The number of ether oxygens (including phenoxy) is 1. The number of benzene rings is 1. The Kier molecular flexibility index (Phi) is 6.29. The molecule has 0 fully saturated rings. The molecule has 1 N–H and O–H groups in total. The van der Waals surface area contributed by atoms with Crippen molar-refractivity contribution in [1.82, 2.24) is 0 Å². The number of carbonyl (C=O) groups is 2. The van der Waals surface area contributed by atoms with Crippen LogP contribution in [0.5, 0.6) is 0 Å². The largest absolute Gasteiger partial charge is 0.478 e. The quantitative estimate of drug-likeness (QED) is 0.597. The van der Waals surface area contributed by atoms with E-state index in [0.717, 1.165) is 6.26 Å². The zero-order valence-corrected chi connectivity index (χ0v) is 8.34. The van der Waals surface area contributed by atoms with Gasteiger partial charge in [0, 0.05) is 6.92 Å². The number of carboxylic acid groups (broad SMARTS) is 1. The Morgan fingerprint density at radius 3 is 2.07 bits per heavy atom. The molecule has 1 aromatic rings. The van der Waals surface area contributed by atoms with Crippen LogP contribution in [-0.4, -0.2) is 17.0 Å². The fourth-order valence-corrected chi connectivity index (χ4v) is 0.698. The van der Waals surface area contributed by atoms with E-state index in [1.54, 1.807) is 30.3 Å². The molecule has 0 unspecified atom stereocenters. The Labute approximate surface area is 87.8 Å². The highest BCUT2D eigenvalue weighted by atomic mass is 16.5. The number of carbonyl (C=O) groups excluding carboxylic acids is 1. The maximum absolute atomic E-state index is 10.2. The van der Waals surface area contributed by atoms with Crippen molar-refractivity contribution in [1.29, 1.82) is 0 Å². The van der Waals surface area contributed by atoms with Crippen LogP contribution in [0.1, 0.15) is 17.3 Å². The Morgan fingerprint density at radius 2 is 1.87 bits per heavy atom. The lowest BCUT2D eigenvalue weighted by molar-refractivity contribution is -0.135. The van der Waals surface area contributed by atoms with Crippen LogP contribution in [-0.2, 0) is 9.53 Å². The summed E-state index contributed by atoms with van der Waals surface area (Å²) in [6.07, 6.45) is 1.10. The zero-order valence-electron chi connectivity index (χ0n) is 8.34. The van der Waals surface area contributed by atoms with Crippen LogP contribution in [0.4, 0.5) is 0 Å². The van der Waals surface area contributed by atoms with Crippen molar-refractivity contribution in [3.8, 4) is 0 Å². The SMILES string of the molecule is C=COC(C)=O.O=C(O)c1ccccc1. The van der Waals surface area contributed by atoms with Gasteiger partial charge in [-0.25, -0.2) is 4.79 Å². The van der Waals surface area contributed by atoms with Gasteiger partial charge in [-0.15, -0.1) is 0 Å². The van der Waals surface area contributed by atoms with E-state index in [9.17, 15) is 9.59 Å². The molecule has 0 aliphatic rings. The lowest BCUT2D eigenvalue weighted by Crippen LogP contribution is -1.93. The van der Waals surface area contributed by atoms with E-state index in [0.29, 0.717) is 5.56 Å². The van der Waals surface area contributed by atoms with Gasteiger partial charge >= 0.3 is 11.9 Å². The Morgan fingerprint density at radius 1 is 1.33 bits per heavy atom. The second kappa shape index (κ2) is 7.32. The van der Waals surface area contributed by atoms with Crippen LogP contribution in [0.2, 0.25) is 0 Å². The predicted molar refractivity (Wildman–Crippen MR) is 55.4 cm³/mol. The first kappa shape index (κ1) is 12.9. The number of esters is 1. The summed E-state index contributed by atoms with van der Waals surface area (Å²) < 4.78 is 4.17. The molecule has 0 aliphatic carbocycles. The molecule has 0 aromatic heterocycles. The summed E-state index contributed by atoms with van der Waals surface area (Å²) in [6.45, 7) is 4.48. The number of aromatic carboxylic acids is 1. The second-order valence-electron chi connectivity index (χ2n) is 2.45. The van der Waals surface area contributed by atoms with Gasteiger partial charge in [0.1, 0.15) is 0 Å². The van der Waals surface area contributed by atoms with E-state index in [1.165, 1.54) is 6.92 Å². The topological polar surface area (TPSA) is 63.6 Å². The molecule has 0 saturated carbocycles. The molecule has 0 spiro atoms. The van der Waals surface area contributed by atoms with Crippen LogP contribution >= 0.6 is 0 Å². The lowest BCUT2D eigenvalue weighted by Gasteiger charge is -1.88. The van der Waals surface area contributed by atoms with Gasteiger partial charge in [-0.3, -0.25) is 4.79 Å². The van der Waals surface area contributed by atoms with Crippen molar-refractivity contribution in [3.63, 3.8) is 0 Å². The zero-order chi connectivity index (χ0) is 11.7. The highest BCUT2D eigenvalue weighted by Gasteiger charge is 1.96. The van der Waals surface area contributed by atoms with Crippen molar-refractivity contribution in [2.75, 3.05) is 0 Å². The fraction of sp³-hybridized carbons (Fsp3) is 0.0909. The Hall–Kier alpha value is -2.10. The summed E-state index contributed by atoms with van der Waals surface area (Å²) in [5, 5.41) is 8.38. The number of hydrogen-bond acceptors (Lipinski definition) is 3. The van der Waals surface area contributed by atoms with E-state index < -0.39 is 5.97 Å². The van der Waals surface area contributed by atoms with Crippen LogP contribution in [0.3, 0.4) is 0 Å². The van der Waals surface area contributed by atoms with E-state index in [-0.39, 0.29) is 5.97 Å². The third kappa shape index (κ3) is 7.01. The van der Waals surface area contributed by atoms with Crippen molar-refractivity contribution < 1.29 is 19.4 Å². The van der Waals surface area contributed by atoms with Crippen molar-refractivity contribution in [3.05, 3.63) is 48.7 Å². The molecule has 0 heterocycles. The molecule has 0 radical (unpaired) electrons. The molecule has 4 heteroatoms. The van der Waals surface area contributed by atoms with Gasteiger partial charge < -0.3 is 9.84 Å². The monoisotopic (exact) mass is 208 g/mol. The molecule has 1 aromatic carbocycles. The lowest BCUT2D eigenvalue weighted by atomic mass is 10.2. The molecule has 0 amide bonds. The average molecular weight is 208 g/mol. The normalized spacial score (nSPS) is 8.07. The first-order chi connectivity index (χ1) is 7.07. The van der Waals surface area contributed by atoms with Crippen LogP contribution < -0.4 is 0 Å². The molecular weight excluding hydrogens is 196 g/mol. The van der Waals surface area contributed by atoms with Gasteiger partial charge in [0.05, 0.1) is 11.8 Å². The van der Waals surface area contributed by atoms with E-state index in [4.69, 9.17) is 5.11 Å². The fourth-order valence-electron chi connectivity index (χ4n) is 0.698. The van der Waals surface area contributed by atoms with Gasteiger partial charge in [-0.2, -0.15) is 0 Å². The minimum absolute atomic E-state index is 0.329. The van der Waals surface area contributed by atoms with Gasteiger partial charge in [-0.05, 0) is 12.1 Å². The third-order valence-electron chi connectivity index (χ3n) is 1.27. The summed E-state index contributed by atoms with van der Waals surface area (Å²) in [6, 6.07) is 8.30. The van der Waals surface area contributed by atoms with E-state index in [1.807, 2.05) is 0 Å².